The van der Waals surface area contributed by atoms with Crippen LogP contribution in [0.15, 0.2) is 46.9 Å². The second-order valence-corrected chi connectivity index (χ2v) is 6.63. The van der Waals surface area contributed by atoms with Crippen LogP contribution in [-0.4, -0.2) is 11.5 Å². The number of hydrogen-bond donors (Lipinski definition) is 1. The molecular formula is C15H11BrN2OS. The highest BCUT2D eigenvalue weighted by Gasteiger charge is 2.23. The van der Waals surface area contributed by atoms with Gasteiger partial charge in [0, 0.05) is 4.47 Å². The van der Waals surface area contributed by atoms with Crippen molar-refractivity contribution in [3.8, 4) is 5.75 Å². The van der Waals surface area contributed by atoms with Crippen LogP contribution in [0.25, 0.3) is 10.2 Å². The van der Waals surface area contributed by atoms with Crippen LogP contribution in [0.1, 0.15) is 11.1 Å². The number of nitrogens with one attached hydrogen (secondary N) is 1. The van der Waals surface area contributed by atoms with Gasteiger partial charge in [0.1, 0.15) is 10.8 Å². The van der Waals surface area contributed by atoms with Crippen molar-refractivity contribution in [2.45, 2.75) is 6.10 Å². The summed E-state index contributed by atoms with van der Waals surface area (Å²) in [6.07, 6.45) is -0.0268. The van der Waals surface area contributed by atoms with E-state index in [0.717, 1.165) is 33.0 Å². The lowest BCUT2D eigenvalue weighted by Crippen LogP contribution is -2.23. The van der Waals surface area contributed by atoms with Gasteiger partial charge in [-0.2, -0.15) is 0 Å². The number of aromatic nitrogens is 1. The lowest BCUT2D eigenvalue weighted by atomic mass is 10.2. The Bertz CT molecular complexity index is 786. The first-order valence-corrected chi connectivity index (χ1v) is 7.96. The molecule has 2 aromatic carbocycles. The van der Waals surface area contributed by atoms with Gasteiger partial charge in [-0.3, -0.25) is 0 Å². The quantitative estimate of drug-likeness (QED) is 0.698. The highest BCUT2D eigenvalue weighted by atomic mass is 79.9. The van der Waals surface area contributed by atoms with Gasteiger partial charge < -0.3 is 10.1 Å². The Morgan fingerprint density at radius 3 is 3.10 bits per heavy atom. The van der Waals surface area contributed by atoms with Gasteiger partial charge >= 0.3 is 0 Å². The predicted molar refractivity (Wildman–Crippen MR) is 85.6 cm³/mol. The standard InChI is InChI=1S/C15H11BrN2OS/c16-9-5-6-11-14(7-9)20-15(18-11)13-8-17-10-3-1-2-4-12(10)19-13/h1-7,13,17H,8H2. The normalized spacial score (nSPS) is 17.4. The summed E-state index contributed by atoms with van der Waals surface area (Å²) in [5.74, 6) is 0.893. The number of benzene rings is 2. The maximum atomic E-state index is 6.05. The monoisotopic (exact) mass is 346 g/mol. The summed E-state index contributed by atoms with van der Waals surface area (Å²) in [5.41, 5.74) is 2.07. The van der Waals surface area contributed by atoms with Crippen LogP contribution in [0, 0.1) is 0 Å². The van der Waals surface area contributed by atoms with E-state index < -0.39 is 0 Å². The van der Waals surface area contributed by atoms with Crippen LogP contribution in [0.4, 0.5) is 5.69 Å². The van der Waals surface area contributed by atoms with Crippen molar-refractivity contribution in [3.63, 3.8) is 0 Å². The first-order chi connectivity index (χ1) is 9.79. The zero-order valence-corrected chi connectivity index (χ0v) is 12.9. The molecule has 3 nitrogen and oxygen atoms in total. The minimum atomic E-state index is -0.0268. The number of para-hydroxylation sites is 2. The first-order valence-electron chi connectivity index (χ1n) is 6.35. The molecule has 0 saturated heterocycles. The summed E-state index contributed by atoms with van der Waals surface area (Å²) in [6, 6.07) is 14.1. The lowest BCUT2D eigenvalue weighted by molar-refractivity contribution is 0.210. The molecule has 0 bridgehead atoms. The van der Waals surface area contributed by atoms with Gasteiger partial charge in [-0.15, -0.1) is 11.3 Å². The van der Waals surface area contributed by atoms with Gasteiger partial charge in [-0.05, 0) is 30.3 Å². The maximum absolute atomic E-state index is 6.05. The predicted octanol–water partition coefficient (Wildman–Crippen LogP) is 4.60. The van der Waals surface area contributed by atoms with E-state index in [2.05, 4.69) is 32.3 Å². The molecule has 0 radical (unpaired) electrons. The lowest BCUT2D eigenvalue weighted by Gasteiger charge is -2.25. The second kappa shape index (κ2) is 4.75. The molecule has 0 aliphatic carbocycles. The fourth-order valence-corrected chi connectivity index (χ4v) is 3.85. The number of halogens is 1. The van der Waals surface area contributed by atoms with Crippen LogP contribution < -0.4 is 10.1 Å². The number of rotatable bonds is 1. The number of fused-ring (bicyclic) bond motifs is 2. The van der Waals surface area contributed by atoms with Crippen LogP contribution in [0.5, 0.6) is 5.75 Å². The molecule has 4 rings (SSSR count). The third kappa shape index (κ3) is 2.07. The number of hydrogen-bond acceptors (Lipinski definition) is 4. The van der Waals surface area contributed by atoms with Crippen molar-refractivity contribution in [2.75, 3.05) is 11.9 Å². The fourth-order valence-electron chi connectivity index (χ4n) is 2.30. The Kier molecular flexibility index (Phi) is 2.89. The van der Waals surface area contributed by atoms with Crippen LogP contribution >= 0.6 is 27.3 Å². The summed E-state index contributed by atoms with van der Waals surface area (Å²) in [6.45, 7) is 0.748. The molecule has 1 atom stereocenters. The van der Waals surface area contributed by atoms with Crippen molar-refractivity contribution in [1.82, 2.24) is 4.98 Å². The summed E-state index contributed by atoms with van der Waals surface area (Å²) < 4.78 is 8.31. The Morgan fingerprint density at radius 1 is 1.25 bits per heavy atom. The second-order valence-electron chi connectivity index (χ2n) is 4.65. The molecule has 0 amide bonds. The largest absolute Gasteiger partial charge is 0.479 e. The zero-order valence-electron chi connectivity index (χ0n) is 10.5. The van der Waals surface area contributed by atoms with E-state index in [0.29, 0.717) is 0 Å². The Hall–Kier alpha value is -1.59. The molecule has 1 aliphatic heterocycles. The number of nitrogens with zero attached hydrogens (tertiary/aromatic N) is 1. The Balaban J connectivity index is 1.70. The van der Waals surface area contributed by atoms with Gasteiger partial charge in [0.15, 0.2) is 6.10 Å². The van der Waals surface area contributed by atoms with E-state index in [1.54, 1.807) is 11.3 Å². The van der Waals surface area contributed by atoms with Gasteiger partial charge in [-0.1, -0.05) is 28.1 Å². The van der Waals surface area contributed by atoms with E-state index >= 15 is 0 Å². The molecule has 5 heteroatoms. The number of thiazole rings is 1. The molecule has 20 heavy (non-hydrogen) atoms. The average Bonchev–Trinajstić information content (AvgIpc) is 2.89. The molecule has 3 aromatic rings. The average molecular weight is 347 g/mol. The van der Waals surface area contributed by atoms with Crippen LogP contribution in [-0.2, 0) is 0 Å². The van der Waals surface area contributed by atoms with Crippen LogP contribution in [0.2, 0.25) is 0 Å². The van der Waals surface area contributed by atoms with Crippen molar-refractivity contribution < 1.29 is 4.74 Å². The molecule has 1 aliphatic rings. The Morgan fingerprint density at radius 2 is 2.15 bits per heavy atom. The van der Waals surface area contributed by atoms with Crippen molar-refractivity contribution in [1.29, 1.82) is 0 Å². The molecule has 100 valence electrons. The smallest absolute Gasteiger partial charge is 0.167 e. The molecule has 0 fully saturated rings. The van der Waals surface area contributed by atoms with E-state index in [1.807, 2.05) is 36.4 Å². The topological polar surface area (TPSA) is 34.2 Å². The van der Waals surface area contributed by atoms with E-state index in [-0.39, 0.29) is 6.10 Å². The number of ether oxygens (including phenoxy) is 1. The van der Waals surface area contributed by atoms with Crippen molar-refractivity contribution >= 4 is 43.2 Å². The molecule has 1 unspecified atom stereocenters. The number of anilines is 1. The SMILES string of the molecule is Brc1ccc2nc(C3CNc4ccccc4O3)sc2c1. The molecule has 1 N–H and O–H groups in total. The van der Waals surface area contributed by atoms with Gasteiger partial charge in [-0.25, -0.2) is 4.98 Å². The molecule has 2 heterocycles. The maximum Gasteiger partial charge on any atom is 0.167 e. The van der Waals surface area contributed by atoms with Crippen molar-refractivity contribution in [3.05, 3.63) is 51.9 Å². The minimum absolute atomic E-state index is 0.0268. The zero-order chi connectivity index (χ0) is 13.5. The van der Waals surface area contributed by atoms with Gasteiger partial charge in [0.25, 0.3) is 0 Å². The summed E-state index contributed by atoms with van der Waals surface area (Å²) in [5, 5.41) is 4.41. The highest BCUT2D eigenvalue weighted by molar-refractivity contribution is 9.10. The molecular weight excluding hydrogens is 336 g/mol. The summed E-state index contributed by atoms with van der Waals surface area (Å²) in [7, 11) is 0. The van der Waals surface area contributed by atoms with E-state index in [4.69, 9.17) is 4.74 Å². The molecule has 0 spiro atoms. The molecule has 1 aromatic heterocycles. The first kappa shape index (κ1) is 12.2. The fraction of sp³-hybridized carbons (Fsp3) is 0.133. The summed E-state index contributed by atoms with van der Waals surface area (Å²) in [4.78, 5) is 4.68. The molecule has 0 saturated carbocycles. The Labute approximate surface area is 128 Å². The van der Waals surface area contributed by atoms with Crippen LogP contribution in [0.3, 0.4) is 0 Å². The minimum Gasteiger partial charge on any atom is -0.479 e. The van der Waals surface area contributed by atoms with Gasteiger partial charge in [0.2, 0.25) is 0 Å². The summed E-state index contributed by atoms with van der Waals surface area (Å²) >= 11 is 5.18. The van der Waals surface area contributed by atoms with E-state index in [9.17, 15) is 0 Å². The van der Waals surface area contributed by atoms with E-state index in [1.165, 1.54) is 4.70 Å². The third-order valence-corrected chi connectivity index (χ3v) is 4.88. The third-order valence-electron chi connectivity index (χ3n) is 3.28. The van der Waals surface area contributed by atoms with Gasteiger partial charge in [0.05, 0.1) is 22.4 Å². The highest BCUT2D eigenvalue weighted by Crippen LogP contribution is 2.36. The van der Waals surface area contributed by atoms with Crippen molar-refractivity contribution in [2.24, 2.45) is 0 Å².